The molecule has 1 fully saturated rings. The zero-order chi connectivity index (χ0) is 14.2. The number of halogens is 2. The van der Waals surface area contributed by atoms with Crippen molar-refractivity contribution in [3.05, 3.63) is 27.1 Å². The van der Waals surface area contributed by atoms with Crippen molar-refractivity contribution < 1.29 is 13.2 Å². The van der Waals surface area contributed by atoms with Crippen LogP contribution in [-0.4, -0.2) is 37.8 Å². The second-order valence-electron chi connectivity index (χ2n) is 4.16. The van der Waals surface area contributed by atoms with E-state index in [9.17, 15) is 13.2 Å². The molecule has 1 N–H and O–H groups in total. The van der Waals surface area contributed by atoms with Gasteiger partial charge in [0.1, 0.15) is 6.04 Å². The average molecular weight is 412 g/mol. The summed E-state index contributed by atoms with van der Waals surface area (Å²) in [6.07, 6.45) is 0. The molecule has 1 saturated heterocycles. The first-order valence-electron chi connectivity index (χ1n) is 5.58. The molecule has 0 spiro atoms. The van der Waals surface area contributed by atoms with Gasteiger partial charge in [-0.3, -0.25) is 4.79 Å². The van der Waals surface area contributed by atoms with Gasteiger partial charge in [0.2, 0.25) is 15.9 Å². The molecule has 0 bridgehead atoms. The number of nitrogens with zero attached hydrogens (tertiary/aromatic N) is 1. The van der Waals surface area contributed by atoms with Crippen molar-refractivity contribution in [2.75, 3.05) is 13.1 Å². The van der Waals surface area contributed by atoms with Crippen LogP contribution in [0.15, 0.2) is 32.0 Å². The van der Waals surface area contributed by atoms with Crippen molar-refractivity contribution >= 4 is 47.8 Å². The monoisotopic (exact) mass is 410 g/mol. The van der Waals surface area contributed by atoms with Gasteiger partial charge in [0, 0.05) is 22.0 Å². The second kappa shape index (κ2) is 5.51. The summed E-state index contributed by atoms with van der Waals surface area (Å²) in [7, 11) is -3.69. The summed E-state index contributed by atoms with van der Waals surface area (Å²) in [6, 6.07) is 4.14. The highest BCUT2D eigenvalue weighted by molar-refractivity contribution is 9.11. The summed E-state index contributed by atoms with van der Waals surface area (Å²) in [5.74, 6) is -0.275. The van der Waals surface area contributed by atoms with Gasteiger partial charge >= 0.3 is 0 Å². The second-order valence-corrected chi connectivity index (χ2v) is 7.79. The Balaban J connectivity index is 2.44. The Bertz CT molecular complexity index is 618. The van der Waals surface area contributed by atoms with E-state index in [-0.39, 0.29) is 17.3 Å². The number of carbonyl (C=O) groups is 1. The third kappa shape index (κ3) is 2.86. The summed E-state index contributed by atoms with van der Waals surface area (Å²) in [4.78, 5) is 11.7. The van der Waals surface area contributed by atoms with E-state index in [4.69, 9.17) is 0 Å². The van der Waals surface area contributed by atoms with Crippen LogP contribution in [0.1, 0.15) is 6.92 Å². The van der Waals surface area contributed by atoms with E-state index in [1.54, 1.807) is 19.1 Å². The predicted octanol–water partition coefficient (Wildman–Crippen LogP) is 1.72. The summed E-state index contributed by atoms with van der Waals surface area (Å²) in [5.41, 5.74) is 0. The number of benzene rings is 1. The average Bonchev–Trinajstić information content (AvgIpc) is 2.31. The van der Waals surface area contributed by atoms with E-state index in [1.807, 2.05) is 0 Å². The number of hydrogen-bond donors (Lipinski definition) is 1. The Labute approximate surface area is 128 Å². The maximum Gasteiger partial charge on any atom is 0.244 e. The fraction of sp³-hybridized carbons (Fsp3) is 0.364. The van der Waals surface area contributed by atoms with E-state index < -0.39 is 16.1 Å². The molecule has 1 aromatic carbocycles. The number of amides is 1. The first-order chi connectivity index (χ1) is 8.84. The van der Waals surface area contributed by atoms with Crippen LogP contribution in [0.3, 0.4) is 0 Å². The molecule has 1 atom stereocenters. The lowest BCUT2D eigenvalue weighted by molar-refractivity contribution is -0.126. The summed E-state index contributed by atoms with van der Waals surface area (Å²) in [6.45, 7) is 2.19. The predicted molar refractivity (Wildman–Crippen MR) is 78.2 cm³/mol. The SMILES string of the molecule is CC1C(=O)NCCN1S(=O)(=O)c1ccc(Br)cc1Br. The minimum absolute atomic E-state index is 0.164. The van der Waals surface area contributed by atoms with E-state index in [1.165, 1.54) is 10.4 Å². The Morgan fingerprint density at radius 1 is 1.37 bits per heavy atom. The molecule has 1 unspecified atom stereocenters. The van der Waals surface area contributed by atoms with Crippen molar-refractivity contribution in [2.24, 2.45) is 0 Å². The topological polar surface area (TPSA) is 66.5 Å². The minimum atomic E-state index is -3.69. The minimum Gasteiger partial charge on any atom is -0.353 e. The normalized spacial score (nSPS) is 21.2. The van der Waals surface area contributed by atoms with Crippen LogP contribution >= 0.6 is 31.9 Å². The molecule has 0 radical (unpaired) electrons. The number of carbonyl (C=O) groups excluding carboxylic acids is 1. The molecule has 19 heavy (non-hydrogen) atoms. The van der Waals surface area contributed by atoms with Crippen molar-refractivity contribution in [1.82, 2.24) is 9.62 Å². The number of nitrogens with one attached hydrogen (secondary N) is 1. The standard InChI is InChI=1S/C11H12Br2N2O3S/c1-7-11(16)14-4-5-15(7)19(17,18)10-3-2-8(12)6-9(10)13/h2-3,6-7H,4-5H2,1H3,(H,14,16). The lowest BCUT2D eigenvalue weighted by Gasteiger charge is -2.32. The Morgan fingerprint density at radius 2 is 2.05 bits per heavy atom. The zero-order valence-corrected chi connectivity index (χ0v) is 14.0. The number of piperazine rings is 1. The molecule has 8 heteroatoms. The quantitative estimate of drug-likeness (QED) is 0.805. The lowest BCUT2D eigenvalue weighted by Crippen LogP contribution is -2.55. The molecule has 0 saturated carbocycles. The zero-order valence-electron chi connectivity index (χ0n) is 10.1. The summed E-state index contributed by atoms with van der Waals surface area (Å²) in [5, 5.41) is 2.64. The lowest BCUT2D eigenvalue weighted by atomic mass is 10.2. The maximum absolute atomic E-state index is 12.6. The molecule has 2 rings (SSSR count). The van der Waals surface area contributed by atoms with E-state index >= 15 is 0 Å². The van der Waals surface area contributed by atoms with Crippen LogP contribution in [0.2, 0.25) is 0 Å². The van der Waals surface area contributed by atoms with Gasteiger partial charge < -0.3 is 5.32 Å². The molecule has 1 heterocycles. The van der Waals surface area contributed by atoms with Crippen LogP contribution in [0, 0.1) is 0 Å². The Morgan fingerprint density at radius 3 is 2.68 bits per heavy atom. The molecular formula is C11H12Br2N2O3S. The van der Waals surface area contributed by atoms with Crippen LogP contribution in [0.25, 0.3) is 0 Å². The van der Waals surface area contributed by atoms with E-state index in [0.29, 0.717) is 11.0 Å². The van der Waals surface area contributed by atoms with Gasteiger partial charge in [0.15, 0.2) is 0 Å². The number of sulfonamides is 1. The highest BCUT2D eigenvalue weighted by Crippen LogP contribution is 2.29. The number of rotatable bonds is 2. The molecule has 5 nitrogen and oxygen atoms in total. The van der Waals surface area contributed by atoms with Gasteiger partial charge in [-0.1, -0.05) is 15.9 Å². The third-order valence-electron chi connectivity index (χ3n) is 2.92. The van der Waals surface area contributed by atoms with E-state index in [2.05, 4.69) is 37.2 Å². The van der Waals surface area contributed by atoms with Gasteiger partial charge in [0.25, 0.3) is 0 Å². The first-order valence-corrected chi connectivity index (χ1v) is 8.61. The molecule has 104 valence electrons. The summed E-state index contributed by atoms with van der Waals surface area (Å²) >= 11 is 6.53. The van der Waals surface area contributed by atoms with Gasteiger partial charge in [-0.15, -0.1) is 0 Å². The maximum atomic E-state index is 12.6. The van der Waals surface area contributed by atoms with Crippen molar-refractivity contribution in [2.45, 2.75) is 17.9 Å². The smallest absolute Gasteiger partial charge is 0.244 e. The molecule has 1 aliphatic rings. The number of hydrogen-bond acceptors (Lipinski definition) is 3. The molecule has 0 aliphatic carbocycles. The molecule has 1 aliphatic heterocycles. The van der Waals surface area contributed by atoms with Crippen LogP contribution in [-0.2, 0) is 14.8 Å². The van der Waals surface area contributed by atoms with Gasteiger partial charge in [-0.2, -0.15) is 4.31 Å². The van der Waals surface area contributed by atoms with Crippen LogP contribution in [0.5, 0.6) is 0 Å². The third-order valence-corrected chi connectivity index (χ3v) is 6.36. The molecular weight excluding hydrogens is 400 g/mol. The Hall–Kier alpha value is -0.440. The van der Waals surface area contributed by atoms with Crippen LogP contribution < -0.4 is 5.32 Å². The molecule has 0 aromatic heterocycles. The highest BCUT2D eigenvalue weighted by Gasteiger charge is 2.36. The molecule has 1 amide bonds. The van der Waals surface area contributed by atoms with Crippen LogP contribution in [0.4, 0.5) is 0 Å². The van der Waals surface area contributed by atoms with Gasteiger partial charge in [-0.05, 0) is 41.1 Å². The van der Waals surface area contributed by atoms with Crippen molar-refractivity contribution in [3.63, 3.8) is 0 Å². The molecule has 1 aromatic rings. The first kappa shape index (κ1) is 15.0. The fourth-order valence-electron chi connectivity index (χ4n) is 1.90. The fourth-order valence-corrected chi connectivity index (χ4v) is 5.20. The van der Waals surface area contributed by atoms with Crippen molar-refractivity contribution in [3.8, 4) is 0 Å². The van der Waals surface area contributed by atoms with Gasteiger partial charge in [-0.25, -0.2) is 8.42 Å². The van der Waals surface area contributed by atoms with Crippen molar-refractivity contribution in [1.29, 1.82) is 0 Å². The Kier molecular flexibility index (Phi) is 4.34. The van der Waals surface area contributed by atoms with Gasteiger partial charge in [0.05, 0.1) is 4.90 Å². The van der Waals surface area contributed by atoms with E-state index in [0.717, 1.165) is 4.47 Å². The summed E-state index contributed by atoms with van der Waals surface area (Å²) < 4.78 is 27.6. The highest BCUT2D eigenvalue weighted by atomic mass is 79.9. The largest absolute Gasteiger partial charge is 0.353 e.